The number of piperidine rings is 1. The van der Waals surface area contributed by atoms with Crippen molar-refractivity contribution in [3.63, 3.8) is 0 Å². The van der Waals surface area contributed by atoms with Gasteiger partial charge >= 0.3 is 5.63 Å². The molecule has 1 fully saturated rings. The van der Waals surface area contributed by atoms with Crippen molar-refractivity contribution < 1.29 is 9.21 Å². The van der Waals surface area contributed by atoms with Crippen LogP contribution in [0.15, 0.2) is 39.5 Å². The van der Waals surface area contributed by atoms with E-state index in [9.17, 15) is 9.59 Å². The molecule has 8 nitrogen and oxygen atoms in total. The molecular formula is C18H19N5O3. The average molecular weight is 353 g/mol. The fourth-order valence-electron chi connectivity index (χ4n) is 3.29. The smallest absolute Gasteiger partial charge is 0.336 e. The summed E-state index contributed by atoms with van der Waals surface area (Å²) in [6, 6.07) is 8.38. The molecular weight excluding hydrogens is 334 g/mol. The molecule has 0 saturated carbocycles. The van der Waals surface area contributed by atoms with Crippen LogP contribution in [0.4, 0.5) is 5.69 Å². The van der Waals surface area contributed by atoms with Crippen LogP contribution in [0, 0.1) is 6.92 Å². The normalized spacial score (nSPS) is 15.3. The molecule has 0 bridgehead atoms. The van der Waals surface area contributed by atoms with Gasteiger partial charge in [0.25, 0.3) is 5.91 Å². The predicted molar refractivity (Wildman–Crippen MR) is 96.3 cm³/mol. The van der Waals surface area contributed by atoms with Gasteiger partial charge in [0.15, 0.2) is 5.69 Å². The van der Waals surface area contributed by atoms with Crippen molar-refractivity contribution in [3.8, 4) is 0 Å². The van der Waals surface area contributed by atoms with Crippen LogP contribution in [-0.2, 0) is 0 Å². The minimum Gasteiger partial charge on any atom is -0.423 e. The lowest BCUT2D eigenvalue weighted by Gasteiger charge is -2.23. The molecule has 1 amide bonds. The minimum atomic E-state index is -0.403. The van der Waals surface area contributed by atoms with Gasteiger partial charge in [-0.3, -0.25) is 4.79 Å². The van der Waals surface area contributed by atoms with Gasteiger partial charge in [-0.15, -0.1) is 5.10 Å². The Balaban J connectivity index is 1.55. The lowest BCUT2D eigenvalue weighted by atomic mass is 10.1. The van der Waals surface area contributed by atoms with Crippen LogP contribution in [0.2, 0.25) is 0 Å². The molecule has 0 unspecified atom stereocenters. The molecule has 1 saturated heterocycles. The second-order valence-electron chi connectivity index (χ2n) is 6.41. The summed E-state index contributed by atoms with van der Waals surface area (Å²) < 4.78 is 6.95. The van der Waals surface area contributed by atoms with Crippen molar-refractivity contribution >= 4 is 22.6 Å². The number of amides is 1. The molecule has 1 aromatic carbocycles. The highest BCUT2D eigenvalue weighted by molar-refractivity contribution is 6.04. The van der Waals surface area contributed by atoms with Crippen LogP contribution in [0.5, 0.6) is 0 Å². The quantitative estimate of drug-likeness (QED) is 0.697. The van der Waals surface area contributed by atoms with Crippen molar-refractivity contribution in [2.45, 2.75) is 25.8 Å². The average Bonchev–Trinajstić information content (AvgIpc) is 3.04. The molecule has 3 aromatic rings. The molecule has 0 spiro atoms. The van der Waals surface area contributed by atoms with Crippen molar-refractivity contribution in [3.05, 3.63) is 52.1 Å². The first-order chi connectivity index (χ1) is 12.6. The first kappa shape index (κ1) is 16.5. The highest BCUT2D eigenvalue weighted by Crippen LogP contribution is 2.22. The Morgan fingerprint density at radius 1 is 1.27 bits per heavy atom. The van der Waals surface area contributed by atoms with E-state index in [1.807, 2.05) is 11.6 Å². The Bertz CT molecular complexity index is 1020. The summed E-state index contributed by atoms with van der Waals surface area (Å²) in [7, 11) is 0. The number of nitrogens with one attached hydrogen (secondary N) is 2. The minimum absolute atomic E-state index is 0.272. The van der Waals surface area contributed by atoms with Gasteiger partial charge in [0, 0.05) is 17.1 Å². The number of carbonyl (C=O) groups excluding carboxylic acids is 1. The molecule has 134 valence electrons. The molecule has 0 aliphatic carbocycles. The third kappa shape index (κ3) is 3.11. The zero-order valence-electron chi connectivity index (χ0n) is 14.4. The number of nitrogens with zero attached hydrogens (tertiary/aromatic N) is 3. The SMILES string of the molecule is Cc1c(C(=O)Nc2ccc3oc(=O)ccc3c2)nnn1C1CCNCC1. The van der Waals surface area contributed by atoms with E-state index in [1.165, 1.54) is 6.07 Å². The highest BCUT2D eigenvalue weighted by Gasteiger charge is 2.23. The summed E-state index contributed by atoms with van der Waals surface area (Å²) >= 11 is 0. The van der Waals surface area contributed by atoms with E-state index in [0.29, 0.717) is 17.0 Å². The maximum Gasteiger partial charge on any atom is 0.336 e. The van der Waals surface area contributed by atoms with Gasteiger partial charge in [0.05, 0.1) is 11.7 Å². The number of benzene rings is 1. The summed E-state index contributed by atoms with van der Waals surface area (Å²) in [6.45, 7) is 3.75. The zero-order valence-corrected chi connectivity index (χ0v) is 14.4. The molecule has 0 radical (unpaired) electrons. The third-order valence-electron chi connectivity index (χ3n) is 4.67. The number of hydrogen-bond donors (Lipinski definition) is 2. The van der Waals surface area contributed by atoms with Crippen LogP contribution in [0.25, 0.3) is 11.0 Å². The van der Waals surface area contributed by atoms with E-state index >= 15 is 0 Å². The Morgan fingerprint density at radius 3 is 2.88 bits per heavy atom. The number of carbonyl (C=O) groups is 1. The number of aromatic nitrogens is 3. The molecule has 1 aliphatic rings. The Labute approximate surface area is 149 Å². The van der Waals surface area contributed by atoms with Crippen LogP contribution in [0.1, 0.15) is 35.1 Å². The fourth-order valence-corrected chi connectivity index (χ4v) is 3.29. The topological polar surface area (TPSA) is 102 Å². The summed E-state index contributed by atoms with van der Waals surface area (Å²) in [5.74, 6) is -0.306. The Morgan fingerprint density at radius 2 is 2.08 bits per heavy atom. The number of hydrogen-bond acceptors (Lipinski definition) is 6. The summed E-state index contributed by atoms with van der Waals surface area (Å²) in [5, 5.41) is 15.2. The Kier molecular flexibility index (Phi) is 4.26. The van der Waals surface area contributed by atoms with Crippen molar-refractivity contribution in [1.82, 2.24) is 20.3 Å². The second kappa shape index (κ2) is 6.72. The lowest BCUT2D eigenvalue weighted by Crippen LogP contribution is -2.30. The van der Waals surface area contributed by atoms with E-state index in [-0.39, 0.29) is 11.9 Å². The van der Waals surface area contributed by atoms with Gasteiger partial charge in [0.2, 0.25) is 0 Å². The van der Waals surface area contributed by atoms with Gasteiger partial charge in [-0.1, -0.05) is 5.21 Å². The monoisotopic (exact) mass is 353 g/mol. The van der Waals surface area contributed by atoms with E-state index in [1.54, 1.807) is 24.3 Å². The number of anilines is 1. The Hall–Kier alpha value is -3.00. The van der Waals surface area contributed by atoms with Crippen molar-refractivity contribution in [2.24, 2.45) is 0 Å². The molecule has 1 aliphatic heterocycles. The van der Waals surface area contributed by atoms with Crippen molar-refractivity contribution in [2.75, 3.05) is 18.4 Å². The maximum atomic E-state index is 12.6. The molecule has 26 heavy (non-hydrogen) atoms. The summed E-state index contributed by atoms with van der Waals surface area (Å²) in [5.41, 5.74) is 1.76. The lowest BCUT2D eigenvalue weighted by molar-refractivity contribution is 0.102. The molecule has 0 atom stereocenters. The first-order valence-corrected chi connectivity index (χ1v) is 8.59. The van der Waals surface area contributed by atoms with E-state index in [4.69, 9.17) is 4.42 Å². The van der Waals surface area contributed by atoms with Gasteiger partial charge in [-0.2, -0.15) is 0 Å². The van der Waals surface area contributed by atoms with Crippen LogP contribution in [-0.4, -0.2) is 34.0 Å². The largest absolute Gasteiger partial charge is 0.423 e. The van der Waals surface area contributed by atoms with Crippen molar-refractivity contribution in [1.29, 1.82) is 0 Å². The molecule has 8 heteroatoms. The number of fused-ring (bicyclic) bond motifs is 1. The van der Waals surface area contributed by atoms with E-state index < -0.39 is 5.63 Å². The van der Waals surface area contributed by atoms with E-state index in [2.05, 4.69) is 20.9 Å². The zero-order chi connectivity index (χ0) is 18.1. The summed E-state index contributed by atoms with van der Waals surface area (Å²) in [6.07, 6.45) is 1.95. The second-order valence-corrected chi connectivity index (χ2v) is 6.41. The van der Waals surface area contributed by atoms with Gasteiger partial charge in [-0.05, 0) is 57.1 Å². The fraction of sp³-hybridized carbons (Fsp3) is 0.333. The molecule has 2 N–H and O–H groups in total. The van der Waals surface area contributed by atoms with Gasteiger partial charge in [-0.25, -0.2) is 9.48 Å². The molecule has 2 aromatic heterocycles. The van der Waals surface area contributed by atoms with E-state index in [0.717, 1.165) is 37.0 Å². The maximum absolute atomic E-state index is 12.6. The summed E-state index contributed by atoms with van der Waals surface area (Å²) in [4.78, 5) is 23.9. The third-order valence-corrected chi connectivity index (χ3v) is 4.67. The molecule has 3 heterocycles. The van der Waals surface area contributed by atoms with Crippen LogP contribution in [0.3, 0.4) is 0 Å². The van der Waals surface area contributed by atoms with Gasteiger partial charge < -0.3 is 15.1 Å². The standard InChI is InChI=1S/C18H19N5O3/c1-11-17(21-22-23(11)14-6-8-19-9-7-14)18(25)20-13-3-4-15-12(10-13)2-5-16(24)26-15/h2-5,10,14,19H,6-9H2,1H3,(H,20,25). The highest BCUT2D eigenvalue weighted by atomic mass is 16.4. The predicted octanol–water partition coefficient (Wildman–Crippen LogP) is 1.87. The first-order valence-electron chi connectivity index (χ1n) is 8.59. The van der Waals surface area contributed by atoms with Crippen LogP contribution >= 0.6 is 0 Å². The van der Waals surface area contributed by atoms with Gasteiger partial charge in [0.1, 0.15) is 5.58 Å². The number of rotatable bonds is 3. The van der Waals surface area contributed by atoms with Crippen LogP contribution < -0.4 is 16.3 Å². The molecule has 4 rings (SSSR count).